The summed E-state index contributed by atoms with van der Waals surface area (Å²) in [5.74, 6) is -0.332. The molecule has 0 spiro atoms. The Morgan fingerprint density at radius 3 is 2.17 bits per heavy atom. The summed E-state index contributed by atoms with van der Waals surface area (Å²) in [5.41, 5.74) is 2.45. The molecule has 4 aromatic rings. The Labute approximate surface area is 204 Å². The molecule has 1 N–H and O–H groups in total. The van der Waals surface area contributed by atoms with Gasteiger partial charge in [0.05, 0.1) is 0 Å². The number of ketones is 1. The first-order valence-electron chi connectivity index (χ1n) is 11.9. The number of hydrogen-bond acceptors (Lipinski definition) is 3. The highest BCUT2D eigenvalue weighted by Gasteiger charge is 2.28. The van der Waals surface area contributed by atoms with Crippen molar-refractivity contribution < 1.29 is 14.4 Å². The predicted molar refractivity (Wildman–Crippen MR) is 138 cm³/mol. The SMILES string of the molecule is O=C(c1ccccc1)c1cccc(NC(=O)C2CCN(C(=O)c3cccc4ccccc34)CC2)c1. The summed E-state index contributed by atoms with van der Waals surface area (Å²) in [7, 11) is 0. The Morgan fingerprint density at radius 2 is 1.37 bits per heavy atom. The number of piperidine rings is 1. The number of nitrogens with one attached hydrogen (secondary N) is 1. The first-order valence-corrected chi connectivity index (χ1v) is 11.9. The van der Waals surface area contributed by atoms with Crippen LogP contribution in [0.5, 0.6) is 0 Å². The highest BCUT2D eigenvalue weighted by Crippen LogP contribution is 2.25. The van der Waals surface area contributed by atoms with Gasteiger partial charge in [-0.05, 0) is 41.8 Å². The molecular weight excluding hydrogens is 436 g/mol. The van der Waals surface area contributed by atoms with Crippen LogP contribution in [0.15, 0.2) is 97.1 Å². The van der Waals surface area contributed by atoms with Crippen LogP contribution in [-0.2, 0) is 4.79 Å². The molecule has 0 aromatic heterocycles. The predicted octanol–water partition coefficient (Wildman–Crippen LogP) is 5.56. The zero-order valence-electron chi connectivity index (χ0n) is 19.3. The number of nitrogens with zero attached hydrogens (tertiary/aromatic N) is 1. The van der Waals surface area contributed by atoms with Gasteiger partial charge in [-0.2, -0.15) is 0 Å². The second kappa shape index (κ2) is 9.94. The van der Waals surface area contributed by atoms with Gasteiger partial charge in [0.2, 0.25) is 5.91 Å². The normalized spacial score (nSPS) is 14.0. The van der Waals surface area contributed by atoms with E-state index in [2.05, 4.69) is 5.32 Å². The van der Waals surface area contributed by atoms with Crippen molar-refractivity contribution in [3.8, 4) is 0 Å². The van der Waals surface area contributed by atoms with E-state index in [4.69, 9.17) is 0 Å². The second-order valence-electron chi connectivity index (χ2n) is 8.86. The van der Waals surface area contributed by atoms with E-state index < -0.39 is 0 Å². The molecule has 0 atom stereocenters. The average Bonchev–Trinajstić information content (AvgIpc) is 2.92. The Hall–Kier alpha value is -4.25. The molecule has 0 radical (unpaired) electrons. The van der Waals surface area contributed by atoms with E-state index in [9.17, 15) is 14.4 Å². The number of fused-ring (bicyclic) bond motifs is 1. The van der Waals surface area contributed by atoms with Gasteiger partial charge in [0.15, 0.2) is 5.78 Å². The van der Waals surface area contributed by atoms with Crippen LogP contribution in [-0.4, -0.2) is 35.6 Å². The fourth-order valence-corrected chi connectivity index (χ4v) is 4.67. The molecule has 35 heavy (non-hydrogen) atoms. The summed E-state index contributed by atoms with van der Waals surface area (Å²) in [6.07, 6.45) is 1.20. The molecule has 5 nitrogen and oxygen atoms in total. The van der Waals surface area contributed by atoms with E-state index in [-0.39, 0.29) is 23.5 Å². The van der Waals surface area contributed by atoms with Gasteiger partial charge in [0.1, 0.15) is 0 Å². The second-order valence-corrected chi connectivity index (χ2v) is 8.86. The van der Waals surface area contributed by atoms with Crippen molar-refractivity contribution in [2.45, 2.75) is 12.8 Å². The minimum Gasteiger partial charge on any atom is -0.339 e. The molecular formula is C30H26N2O3. The summed E-state index contributed by atoms with van der Waals surface area (Å²) in [6, 6.07) is 29.8. The molecule has 0 saturated carbocycles. The first kappa shape index (κ1) is 22.5. The lowest BCUT2D eigenvalue weighted by atomic mass is 9.94. The molecule has 0 unspecified atom stereocenters. The maximum atomic E-state index is 13.2. The van der Waals surface area contributed by atoms with E-state index in [1.165, 1.54) is 0 Å². The standard InChI is InChI=1S/C30H26N2O3/c33-28(22-9-2-1-3-10-22)24-12-6-13-25(20-24)31-29(34)23-16-18-32(19-17-23)30(35)27-15-7-11-21-8-4-5-14-26(21)27/h1-15,20,23H,16-19H2,(H,31,34). The fraction of sp³-hybridized carbons (Fsp3) is 0.167. The van der Waals surface area contributed by atoms with Gasteiger partial charge in [0, 0.05) is 41.4 Å². The minimum atomic E-state index is -0.181. The maximum absolute atomic E-state index is 13.2. The van der Waals surface area contributed by atoms with Gasteiger partial charge < -0.3 is 10.2 Å². The van der Waals surface area contributed by atoms with Gasteiger partial charge in [-0.1, -0.05) is 78.9 Å². The lowest BCUT2D eigenvalue weighted by Gasteiger charge is -2.31. The third kappa shape index (κ3) is 4.85. The van der Waals surface area contributed by atoms with Crippen LogP contribution < -0.4 is 5.32 Å². The molecule has 1 saturated heterocycles. The molecule has 174 valence electrons. The molecule has 2 amide bonds. The molecule has 4 aromatic carbocycles. The summed E-state index contributed by atoms with van der Waals surface area (Å²) >= 11 is 0. The number of anilines is 1. The summed E-state index contributed by atoms with van der Waals surface area (Å²) in [4.78, 5) is 40.7. The third-order valence-electron chi connectivity index (χ3n) is 6.60. The number of hydrogen-bond donors (Lipinski definition) is 1. The quantitative estimate of drug-likeness (QED) is 0.395. The summed E-state index contributed by atoms with van der Waals surface area (Å²) in [5, 5.41) is 4.95. The topological polar surface area (TPSA) is 66.5 Å². The zero-order chi connectivity index (χ0) is 24.2. The largest absolute Gasteiger partial charge is 0.339 e. The van der Waals surface area contributed by atoms with Gasteiger partial charge in [-0.3, -0.25) is 14.4 Å². The molecule has 5 heteroatoms. The van der Waals surface area contributed by atoms with Crippen molar-refractivity contribution in [3.05, 3.63) is 114 Å². The van der Waals surface area contributed by atoms with Crippen molar-refractivity contribution in [1.29, 1.82) is 0 Å². The van der Waals surface area contributed by atoms with Crippen molar-refractivity contribution in [3.63, 3.8) is 0 Å². The smallest absolute Gasteiger partial charge is 0.254 e. The van der Waals surface area contributed by atoms with Crippen LogP contribution in [0.2, 0.25) is 0 Å². The van der Waals surface area contributed by atoms with E-state index in [0.29, 0.717) is 48.3 Å². The van der Waals surface area contributed by atoms with Crippen molar-refractivity contribution >= 4 is 34.1 Å². The number of carbonyl (C=O) groups is 3. The monoisotopic (exact) mass is 462 g/mol. The first-order chi connectivity index (χ1) is 17.1. The van der Waals surface area contributed by atoms with E-state index >= 15 is 0 Å². The van der Waals surface area contributed by atoms with Crippen molar-refractivity contribution in [1.82, 2.24) is 4.90 Å². The zero-order valence-corrected chi connectivity index (χ0v) is 19.3. The van der Waals surface area contributed by atoms with Gasteiger partial charge in [0.25, 0.3) is 5.91 Å². The van der Waals surface area contributed by atoms with Gasteiger partial charge >= 0.3 is 0 Å². The molecule has 1 heterocycles. The van der Waals surface area contributed by atoms with Gasteiger partial charge in [-0.15, -0.1) is 0 Å². The van der Waals surface area contributed by atoms with Gasteiger partial charge in [-0.25, -0.2) is 0 Å². The molecule has 1 aliphatic heterocycles. The number of likely N-dealkylation sites (tertiary alicyclic amines) is 1. The highest BCUT2D eigenvalue weighted by atomic mass is 16.2. The number of carbonyl (C=O) groups excluding carboxylic acids is 3. The lowest BCUT2D eigenvalue weighted by Crippen LogP contribution is -2.41. The van der Waals surface area contributed by atoms with E-state index in [0.717, 1.165) is 10.8 Å². The molecule has 1 aliphatic rings. The number of amides is 2. The van der Waals surface area contributed by atoms with Crippen LogP contribution in [0.1, 0.15) is 39.1 Å². The van der Waals surface area contributed by atoms with Crippen LogP contribution in [0, 0.1) is 5.92 Å². The Kier molecular flexibility index (Phi) is 6.40. The van der Waals surface area contributed by atoms with Crippen molar-refractivity contribution in [2.24, 2.45) is 5.92 Å². The van der Waals surface area contributed by atoms with Crippen molar-refractivity contribution in [2.75, 3.05) is 18.4 Å². The van der Waals surface area contributed by atoms with Crippen LogP contribution >= 0.6 is 0 Å². The molecule has 0 bridgehead atoms. The number of benzene rings is 4. The average molecular weight is 463 g/mol. The summed E-state index contributed by atoms with van der Waals surface area (Å²) in [6.45, 7) is 1.07. The van der Waals surface area contributed by atoms with E-state index in [1.54, 1.807) is 36.4 Å². The third-order valence-corrected chi connectivity index (χ3v) is 6.60. The Bertz CT molecular complexity index is 1380. The van der Waals surface area contributed by atoms with Crippen LogP contribution in [0.4, 0.5) is 5.69 Å². The van der Waals surface area contributed by atoms with E-state index in [1.807, 2.05) is 65.6 Å². The molecule has 1 fully saturated rings. The molecule has 0 aliphatic carbocycles. The van der Waals surface area contributed by atoms with Crippen LogP contribution in [0.3, 0.4) is 0 Å². The maximum Gasteiger partial charge on any atom is 0.254 e. The summed E-state index contributed by atoms with van der Waals surface area (Å²) < 4.78 is 0. The van der Waals surface area contributed by atoms with Crippen LogP contribution in [0.25, 0.3) is 10.8 Å². The fourth-order valence-electron chi connectivity index (χ4n) is 4.67. The lowest BCUT2D eigenvalue weighted by molar-refractivity contribution is -0.121. The minimum absolute atomic E-state index is 0.00721. The highest BCUT2D eigenvalue weighted by molar-refractivity contribution is 6.10. The Balaban J connectivity index is 1.21. The Morgan fingerprint density at radius 1 is 0.714 bits per heavy atom. The number of rotatable bonds is 5. The molecule has 5 rings (SSSR count).